The molecule has 0 aliphatic heterocycles. The molecule has 0 aromatic carbocycles. The van der Waals surface area contributed by atoms with Gasteiger partial charge in [-0.3, -0.25) is 33.9 Å². The van der Waals surface area contributed by atoms with Gasteiger partial charge >= 0.3 is 24.1 Å². The second-order valence-corrected chi connectivity index (χ2v) is 21.1. The average Bonchev–Trinajstić information content (AvgIpc) is 3.62. The molecule has 7 unspecified atom stereocenters. The van der Waals surface area contributed by atoms with Gasteiger partial charge in [0.05, 0.1) is 33.0 Å². The van der Waals surface area contributed by atoms with Crippen molar-refractivity contribution in [1.82, 2.24) is 20.0 Å². The Labute approximate surface area is 399 Å². The van der Waals surface area contributed by atoms with Crippen LogP contribution in [0.2, 0.25) is 0 Å². The summed E-state index contributed by atoms with van der Waals surface area (Å²) in [7, 11) is 0. The maximum atomic E-state index is 12.8. The van der Waals surface area contributed by atoms with E-state index in [0.29, 0.717) is 60.7 Å². The number of ether oxygens (including phenoxy) is 2. The molecule has 11 atom stereocenters. The van der Waals surface area contributed by atoms with Crippen molar-refractivity contribution in [2.45, 2.75) is 157 Å². The van der Waals surface area contributed by atoms with Crippen molar-refractivity contribution in [2.24, 2.45) is 52.3 Å². The first-order chi connectivity index (χ1) is 31.7. The molecule has 4 aliphatic rings. The molecule has 0 bridgehead atoms. The minimum Gasteiger partial charge on any atom is -0.480 e. The van der Waals surface area contributed by atoms with Crippen LogP contribution in [0.3, 0.4) is 0 Å². The molecule has 3 saturated carbocycles. The predicted molar refractivity (Wildman–Crippen MR) is 255 cm³/mol. The largest absolute Gasteiger partial charge is 0.508 e. The van der Waals surface area contributed by atoms with Crippen LogP contribution >= 0.6 is 0 Å². The quantitative estimate of drug-likeness (QED) is 0.0195. The Morgan fingerprint density at radius 3 is 2.21 bits per heavy atom. The van der Waals surface area contributed by atoms with Crippen LogP contribution in [-0.4, -0.2) is 148 Å². The van der Waals surface area contributed by atoms with Crippen LogP contribution in [0, 0.1) is 52.3 Å². The first-order valence-corrected chi connectivity index (χ1v) is 25.3. The van der Waals surface area contributed by atoms with E-state index in [-0.39, 0.29) is 56.6 Å². The van der Waals surface area contributed by atoms with Crippen molar-refractivity contribution in [3.05, 3.63) is 23.8 Å². The summed E-state index contributed by atoms with van der Waals surface area (Å²) in [6.07, 6.45) is 17.6. The zero-order valence-corrected chi connectivity index (χ0v) is 41.7. The molecule has 0 heterocycles. The number of carbonyl (C=O) groups excluding carboxylic acids is 2. The van der Waals surface area contributed by atoms with Gasteiger partial charge < -0.3 is 40.3 Å². The van der Waals surface area contributed by atoms with Crippen LogP contribution in [0.15, 0.2) is 23.8 Å². The summed E-state index contributed by atoms with van der Waals surface area (Å²) in [6, 6.07) is -0.613. The third-order valence-corrected chi connectivity index (χ3v) is 16.5. The summed E-state index contributed by atoms with van der Waals surface area (Å²) in [4.78, 5) is 64.0. The van der Waals surface area contributed by atoms with Gasteiger partial charge in [0.25, 0.3) is 0 Å². The third-order valence-electron chi connectivity index (χ3n) is 16.5. The van der Waals surface area contributed by atoms with E-state index in [4.69, 9.17) is 9.47 Å². The number of carboxylic acid groups (broad SMARTS) is 3. The lowest BCUT2D eigenvalue weighted by Gasteiger charge is -2.58. The molecule has 0 aromatic heterocycles. The van der Waals surface area contributed by atoms with E-state index in [1.54, 1.807) is 0 Å². The van der Waals surface area contributed by atoms with Gasteiger partial charge in [0, 0.05) is 45.1 Å². The monoisotopic (exact) mass is 947 g/mol. The van der Waals surface area contributed by atoms with Crippen LogP contribution in [0.5, 0.6) is 0 Å². The van der Waals surface area contributed by atoms with E-state index in [9.17, 15) is 49.5 Å². The molecule has 0 radical (unpaired) electrons. The lowest BCUT2D eigenvalue weighted by Crippen LogP contribution is -2.51. The summed E-state index contributed by atoms with van der Waals surface area (Å²) in [6.45, 7) is 14.4. The van der Waals surface area contributed by atoms with Gasteiger partial charge in [0.1, 0.15) is 12.3 Å². The number of hydrogen-bond donors (Lipinski definition) is 6. The molecule has 3 fully saturated rings. The fourth-order valence-electron chi connectivity index (χ4n) is 12.7. The first-order valence-electron chi connectivity index (χ1n) is 25.3. The number of nitrogens with one attached hydrogen (secondary N) is 1. The number of carbonyl (C=O) groups is 5. The molecular formula is C51H86N4O12. The van der Waals surface area contributed by atoms with Crippen LogP contribution in [0.25, 0.3) is 0 Å². The number of aliphatic hydroxyl groups excluding tert-OH is 2. The van der Waals surface area contributed by atoms with E-state index in [1.807, 2.05) is 0 Å². The summed E-state index contributed by atoms with van der Waals surface area (Å²) in [5, 5.41) is 51.0. The zero-order chi connectivity index (χ0) is 49.5. The Kier molecular flexibility index (Phi) is 22.1. The maximum absolute atomic E-state index is 12.8. The van der Waals surface area contributed by atoms with Crippen LogP contribution in [0.1, 0.15) is 138 Å². The molecule has 67 heavy (non-hydrogen) atoms. The van der Waals surface area contributed by atoms with Gasteiger partial charge in [-0.25, -0.2) is 4.79 Å². The molecule has 0 aromatic rings. The number of aliphatic hydroxyl groups is 2. The second-order valence-electron chi connectivity index (χ2n) is 21.1. The van der Waals surface area contributed by atoms with Gasteiger partial charge in [-0.1, -0.05) is 65.3 Å². The van der Waals surface area contributed by atoms with E-state index < -0.39 is 62.7 Å². The summed E-state index contributed by atoms with van der Waals surface area (Å²) >= 11 is 0. The smallest absolute Gasteiger partial charge is 0.480 e. The van der Waals surface area contributed by atoms with E-state index in [0.717, 1.165) is 37.5 Å². The number of hydrogen-bond acceptors (Lipinski definition) is 12. The van der Waals surface area contributed by atoms with E-state index >= 15 is 0 Å². The summed E-state index contributed by atoms with van der Waals surface area (Å²) in [5.74, 6) is 1.10. The van der Waals surface area contributed by atoms with Crippen molar-refractivity contribution < 1.29 is 59.0 Å². The fourth-order valence-corrected chi connectivity index (χ4v) is 12.7. The maximum Gasteiger partial charge on any atom is 0.508 e. The highest BCUT2D eigenvalue weighted by molar-refractivity contribution is 5.75. The molecule has 4 aliphatic carbocycles. The van der Waals surface area contributed by atoms with Crippen molar-refractivity contribution in [1.29, 1.82) is 0 Å². The average molecular weight is 947 g/mol. The van der Waals surface area contributed by atoms with E-state index in [1.165, 1.54) is 59.3 Å². The second kappa shape index (κ2) is 26.4. The SMILES string of the molecule is CCC(/C=C/[C@@H](C)C1CCC2C3CC=C4C[C@@H](OC(=O)OCCCCC(=O)NCCCC(CN(CCN(CC(=O)O)C(C)O)CC(=O)O)N(CO)CC(=O)O)CC[C@]4(C)C3CC[C@@]21C)C(C)C. The normalized spacial score (nSPS) is 27.8. The molecule has 4 rings (SSSR count). The number of fused-ring (bicyclic) bond motifs is 5. The molecule has 16 nitrogen and oxygen atoms in total. The predicted octanol–water partition coefficient (Wildman–Crippen LogP) is 6.84. The Morgan fingerprint density at radius 2 is 1.57 bits per heavy atom. The molecule has 1 amide bonds. The van der Waals surface area contributed by atoms with Gasteiger partial charge in [-0.05, 0) is 136 Å². The lowest BCUT2D eigenvalue weighted by molar-refractivity contribution is -0.143. The third kappa shape index (κ3) is 16.0. The first kappa shape index (κ1) is 56.0. The standard InChI is InChI=1S/C51H86N4O12/c1-8-37(34(2)3)15-14-35(4)42-18-19-43-41-17-16-38-28-40(20-22-50(38,6)44(41)21-23-51(42,43)7)67-49(65)66-27-10-9-13-45(58)52-24-11-12-39(55(33-56)32-48(63)64)29-53(30-46(59)60)25-26-54(36(5)57)31-47(61)62/h14-16,34-37,39-44,56-57H,8-13,17-33H2,1-7H3,(H,52,58)(H,59,60)(H,61,62)(H,63,64)/b15-14+/t35-,36?,37?,39?,40+,41?,42?,43?,44?,50+,51-/m1/s1. The van der Waals surface area contributed by atoms with Crippen molar-refractivity contribution in [3.63, 3.8) is 0 Å². The number of aliphatic carboxylic acids is 3. The summed E-state index contributed by atoms with van der Waals surface area (Å²) < 4.78 is 11.3. The number of rotatable bonds is 29. The number of unbranched alkanes of at least 4 members (excludes halogenated alkanes) is 1. The zero-order valence-electron chi connectivity index (χ0n) is 41.7. The minimum absolute atomic E-state index is 0.0287. The Morgan fingerprint density at radius 1 is 0.866 bits per heavy atom. The number of carboxylic acids is 3. The van der Waals surface area contributed by atoms with Crippen LogP contribution < -0.4 is 5.32 Å². The Balaban J connectivity index is 1.17. The molecule has 6 N–H and O–H groups in total. The highest BCUT2D eigenvalue weighted by Crippen LogP contribution is 2.67. The topological polar surface area (TPSA) is 227 Å². The van der Waals surface area contributed by atoms with Crippen molar-refractivity contribution in [2.75, 3.05) is 59.2 Å². The van der Waals surface area contributed by atoms with Gasteiger partial charge in [0.15, 0.2) is 0 Å². The lowest BCUT2D eigenvalue weighted by atomic mass is 9.47. The van der Waals surface area contributed by atoms with Crippen LogP contribution in [-0.2, 0) is 28.7 Å². The molecule has 16 heteroatoms. The highest BCUT2D eigenvalue weighted by Gasteiger charge is 2.59. The number of amides is 1. The van der Waals surface area contributed by atoms with E-state index in [2.05, 4.69) is 65.1 Å². The minimum atomic E-state index is -1.18. The van der Waals surface area contributed by atoms with Gasteiger partial charge in [-0.2, -0.15) is 0 Å². The number of nitrogens with zero attached hydrogens (tertiary/aromatic N) is 3. The molecule has 0 spiro atoms. The van der Waals surface area contributed by atoms with Crippen LogP contribution in [0.4, 0.5) is 4.79 Å². The highest BCUT2D eigenvalue weighted by atomic mass is 16.7. The molecule has 382 valence electrons. The summed E-state index contributed by atoms with van der Waals surface area (Å²) in [5.41, 5.74) is 1.98. The van der Waals surface area contributed by atoms with Crippen molar-refractivity contribution in [3.8, 4) is 0 Å². The molecule has 0 saturated heterocycles. The fraction of sp³-hybridized carbons (Fsp3) is 0.824. The van der Waals surface area contributed by atoms with Crippen molar-refractivity contribution >= 4 is 30.0 Å². The number of allylic oxidation sites excluding steroid dienone is 3. The van der Waals surface area contributed by atoms with Gasteiger partial charge in [0.2, 0.25) is 5.91 Å². The molecular weight excluding hydrogens is 861 g/mol. The Bertz CT molecular complexity index is 1690. The van der Waals surface area contributed by atoms with Gasteiger partial charge in [-0.15, -0.1) is 0 Å². The Hall–Kier alpha value is -3.57.